The van der Waals surface area contributed by atoms with Gasteiger partial charge in [0.1, 0.15) is 5.82 Å². The normalized spacial score (nSPS) is 14.1. The standard InChI is InChI=1S/C20H29BrN6.HI/c1-4-22-20(26(3)15-18-11-17(21)14-25(18)2)24-13-16-7-8-19(23-12-16)27-9-5-6-10-27;/h7-8,11-12,14H,4-6,9-10,13,15H2,1-3H3,(H,22,24);1H. The van der Waals surface area contributed by atoms with Crippen LogP contribution in [0.5, 0.6) is 0 Å². The van der Waals surface area contributed by atoms with Crippen LogP contribution in [0.4, 0.5) is 5.82 Å². The van der Waals surface area contributed by atoms with E-state index >= 15 is 0 Å². The molecule has 8 heteroatoms. The van der Waals surface area contributed by atoms with Crippen LogP contribution in [0.2, 0.25) is 0 Å². The van der Waals surface area contributed by atoms with Gasteiger partial charge in [-0.1, -0.05) is 6.07 Å². The van der Waals surface area contributed by atoms with Gasteiger partial charge in [0, 0.05) is 56.3 Å². The van der Waals surface area contributed by atoms with E-state index in [0.717, 1.165) is 48.0 Å². The highest BCUT2D eigenvalue weighted by Gasteiger charge is 2.13. The second-order valence-electron chi connectivity index (χ2n) is 7.01. The second kappa shape index (κ2) is 11.0. The van der Waals surface area contributed by atoms with Crippen molar-refractivity contribution in [2.75, 3.05) is 31.6 Å². The summed E-state index contributed by atoms with van der Waals surface area (Å²) in [5.41, 5.74) is 2.36. The average molecular weight is 561 g/mol. The summed E-state index contributed by atoms with van der Waals surface area (Å²) in [6.07, 6.45) is 6.56. The minimum Gasteiger partial charge on any atom is -0.357 e. The number of hydrogen-bond donors (Lipinski definition) is 1. The van der Waals surface area contributed by atoms with Gasteiger partial charge in [-0.05, 0) is 53.4 Å². The molecule has 3 heterocycles. The summed E-state index contributed by atoms with van der Waals surface area (Å²) in [5.74, 6) is 1.98. The summed E-state index contributed by atoms with van der Waals surface area (Å²) in [5, 5.41) is 3.38. The SMILES string of the molecule is CCNC(=NCc1ccc(N2CCCC2)nc1)N(C)Cc1cc(Br)cn1C.I. The Hall–Kier alpha value is -1.29. The molecule has 2 aromatic heterocycles. The Morgan fingerprint density at radius 1 is 1.32 bits per heavy atom. The molecule has 1 aliphatic rings. The number of nitrogens with one attached hydrogen (secondary N) is 1. The van der Waals surface area contributed by atoms with E-state index in [0.29, 0.717) is 6.54 Å². The first-order valence-corrected chi connectivity index (χ1v) is 10.4. The molecule has 0 unspecified atom stereocenters. The van der Waals surface area contributed by atoms with Gasteiger partial charge in [0.15, 0.2) is 5.96 Å². The average Bonchev–Trinajstić information content (AvgIpc) is 3.29. The van der Waals surface area contributed by atoms with Gasteiger partial charge in [-0.15, -0.1) is 24.0 Å². The maximum Gasteiger partial charge on any atom is 0.194 e. The number of aromatic nitrogens is 2. The summed E-state index contributed by atoms with van der Waals surface area (Å²) in [6.45, 7) is 6.59. The van der Waals surface area contributed by atoms with Crippen molar-refractivity contribution in [2.45, 2.75) is 32.9 Å². The third-order valence-corrected chi connectivity index (χ3v) is 5.25. The van der Waals surface area contributed by atoms with Gasteiger partial charge in [0.2, 0.25) is 0 Å². The number of aryl methyl sites for hydroxylation is 1. The lowest BCUT2D eigenvalue weighted by Gasteiger charge is -2.22. The van der Waals surface area contributed by atoms with E-state index in [4.69, 9.17) is 4.99 Å². The van der Waals surface area contributed by atoms with Crippen molar-refractivity contribution in [3.63, 3.8) is 0 Å². The molecule has 1 N–H and O–H groups in total. The molecule has 0 radical (unpaired) electrons. The van der Waals surface area contributed by atoms with Gasteiger partial charge in [0.25, 0.3) is 0 Å². The van der Waals surface area contributed by atoms with Crippen molar-refractivity contribution in [1.82, 2.24) is 19.8 Å². The number of pyridine rings is 1. The predicted molar refractivity (Wildman–Crippen MR) is 130 cm³/mol. The summed E-state index contributed by atoms with van der Waals surface area (Å²) in [6, 6.07) is 6.40. The minimum absolute atomic E-state index is 0. The van der Waals surface area contributed by atoms with Gasteiger partial charge < -0.3 is 19.7 Å². The molecule has 0 atom stereocenters. The highest BCUT2D eigenvalue weighted by Crippen LogP contribution is 2.18. The monoisotopic (exact) mass is 560 g/mol. The third-order valence-electron chi connectivity index (χ3n) is 4.82. The predicted octanol–water partition coefficient (Wildman–Crippen LogP) is 4.00. The summed E-state index contributed by atoms with van der Waals surface area (Å²) < 4.78 is 3.23. The van der Waals surface area contributed by atoms with E-state index in [9.17, 15) is 0 Å². The van der Waals surface area contributed by atoms with Crippen molar-refractivity contribution in [1.29, 1.82) is 0 Å². The molecule has 6 nitrogen and oxygen atoms in total. The Kier molecular flexibility index (Phi) is 9.07. The van der Waals surface area contributed by atoms with E-state index in [1.54, 1.807) is 0 Å². The van der Waals surface area contributed by atoms with E-state index in [-0.39, 0.29) is 24.0 Å². The molecule has 1 fully saturated rings. The fraction of sp³-hybridized carbons (Fsp3) is 0.500. The molecule has 0 bridgehead atoms. The highest BCUT2D eigenvalue weighted by molar-refractivity contribution is 14.0. The first-order valence-electron chi connectivity index (χ1n) is 9.57. The van der Waals surface area contributed by atoms with Crippen molar-refractivity contribution in [3.8, 4) is 0 Å². The Bertz CT molecular complexity index is 768. The van der Waals surface area contributed by atoms with Crippen LogP contribution in [0.3, 0.4) is 0 Å². The largest absolute Gasteiger partial charge is 0.357 e. The highest BCUT2D eigenvalue weighted by atomic mass is 127. The molecule has 3 rings (SSSR count). The fourth-order valence-corrected chi connectivity index (χ4v) is 3.89. The zero-order chi connectivity index (χ0) is 19.2. The molecule has 0 saturated carbocycles. The smallest absolute Gasteiger partial charge is 0.194 e. The van der Waals surface area contributed by atoms with Crippen LogP contribution in [0.1, 0.15) is 31.0 Å². The summed E-state index contributed by atoms with van der Waals surface area (Å²) in [4.78, 5) is 13.9. The number of rotatable bonds is 6. The van der Waals surface area contributed by atoms with Gasteiger partial charge in [-0.2, -0.15) is 0 Å². The van der Waals surface area contributed by atoms with Crippen LogP contribution in [-0.4, -0.2) is 47.1 Å². The molecule has 1 saturated heterocycles. The van der Waals surface area contributed by atoms with E-state index < -0.39 is 0 Å². The maximum absolute atomic E-state index is 4.80. The zero-order valence-corrected chi connectivity index (χ0v) is 20.8. The lowest BCUT2D eigenvalue weighted by atomic mass is 10.3. The van der Waals surface area contributed by atoms with E-state index in [2.05, 4.69) is 86.0 Å². The van der Waals surface area contributed by atoms with Crippen molar-refractivity contribution < 1.29 is 0 Å². The lowest BCUT2D eigenvalue weighted by molar-refractivity contribution is 0.462. The third kappa shape index (κ3) is 6.10. The Morgan fingerprint density at radius 3 is 2.64 bits per heavy atom. The van der Waals surface area contributed by atoms with E-state index in [1.165, 1.54) is 18.5 Å². The number of aliphatic imine (C=N–C) groups is 1. The maximum atomic E-state index is 4.80. The van der Waals surface area contributed by atoms with Crippen LogP contribution < -0.4 is 10.2 Å². The summed E-state index contributed by atoms with van der Waals surface area (Å²) >= 11 is 3.54. The number of guanidine groups is 1. The molecule has 2 aromatic rings. The van der Waals surface area contributed by atoms with Gasteiger partial charge >= 0.3 is 0 Å². The number of anilines is 1. The van der Waals surface area contributed by atoms with Crippen LogP contribution >= 0.6 is 39.9 Å². The Labute approximate surface area is 193 Å². The van der Waals surface area contributed by atoms with Crippen molar-refractivity contribution in [2.24, 2.45) is 12.0 Å². The van der Waals surface area contributed by atoms with Gasteiger partial charge in [-0.3, -0.25) is 0 Å². The molecular formula is C20H30BrIN6. The van der Waals surface area contributed by atoms with Crippen LogP contribution in [-0.2, 0) is 20.1 Å². The number of nitrogens with zero attached hydrogens (tertiary/aromatic N) is 5. The molecule has 0 spiro atoms. The molecule has 0 aromatic carbocycles. The van der Waals surface area contributed by atoms with E-state index in [1.807, 2.05) is 6.20 Å². The quantitative estimate of drug-likeness (QED) is 0.330. The molecular weight excluding hydrogens is 531 g/mol. The Balaban J connectivity index is 0.00000280. The second-order valence-corrected chi connectivity index (χ2v) is 7.92. The number of hydrogen-bond acceptors (Lipinski definition) is 3. The lowest BCUT2D eigenvalue weighted by Crippen LogP contribution is -2.38. The molecule has 0 amide bonds. The van der Waals surface area contributed by atoms with Gasteiger partial charge in [-0.25, -0.2) is 9.98 Å². The van der Waals surface area contributed by atoms with Gasteiger partial charge in [0.05, 0.1) is 13.1 Å². The van der Waals surface area contributed by atoms with Crippen LogP contribution in [0.15, 0.2) is 40.1 Å². The molecule has 154 valence electrons. The zero-order valence-electron chi connectivity index (χ0n) is 16.9. The topological polar surface area (TPSA) is 48.7 Å². The first kappa shape index (κ1) is 23.0. The Morgan fingerprint density at radius 2 is 2.07 bits per heavy atom. The molecule has 0 aliphatic carbocycles. The first-order chi connectivity index (χ1) is 13.1. The number of halogens is 2. The van der Waals surface area contributed by atoms with Crippen LogP contribution in [0.25, 0.3) is 0 Å². The van der Waals surface area contributed by atoms with Crippen molar-refractivity contribution >= 4 is 51.7 Å². The molecule has 1 aliphatic heterocycles. The minimum atomic E-state index is 0. The van der Waals surface area contributed by atoms with Crippen LogP contribution in [0, 0.1) is 0 Å². The summed E-state index contributed by atoms with van der Waals surface area (Å²) in [7, 11) is 4.13. The molecule has 28 heavy (non-hydrogen) atoms. The fourth-order valence-electron chi connectivity index (χ4n) is 3.32. The van der Waals surface area contributed by atoms with Crippen molar-refractivity contribution in [3.05, 3.63) is 46.3 Å².